The molecule has 0 aliphatic rings. The van der Waals surface area contributed by atoms with E-state index in [1.165, 1.54) is 0 Å². The van der Waals surface area contributed by atoms with Gasteiger partial charge in [-0.15, -0.1) is 0 Å². The summed E-state index contributed by atoms with van der Waals surface area (Å²) in [6.07, 6.45) is 0. The molecule has 1 N–H and O–H groups in total. The van der Waals surface area contributed by atoms with Crippen LogP contribution in [0.25, 0.3) is 0 Å². The second kappa shape index (κ2) is 32.7. The van der Waals surface area contributed by atoms with Crippen molar-refractivity contribution < 1.29 is 24.0 Å². The van der Waals surface area contributed by atoms with Gasteiger partial charge in [-0.05, 0) is 17.4 Å². The van der Waals surface area contributed by atoms with Gasteiger partial charge in [-0.3, -0.25) is 0 Å². The quantitative estimate of drug-likeness (QED) is 0.377. The van der Waals surface area contributed by atoms with Crippen LogP contribution in [0.2, 0.25) is 5.28 Å². The molecule has 0 aromatic heterocycles. The molecule has 2 unspecified atom stereocenters. The normalized spacial score (nSPS) is 8.90. The molecule has 0 bridgehead atoms. The Morgan fingerprint density at radius 2 is 1.40 bits per heavy atom. The summed E-state index contributed by atoms with van der Waals surface area (Å²) >= 11 is 2.41. The van der Waals surface area contributed by atoms with Gasteiger partial charge in [-0.25, -0.2) is 0 Å². The summed E-state index contributed by atoms with van der Waals surface area (Å²) in [5.41, 5.74) is 0. The molecular weight excluding hydrogens is 193 g/mol. The predicted octanol–water partition coefficient (Wildman–Crippen LogP) is -2.40. The molecule has 0 saturated carbocycles. The van der Waals surface area contributed by atoms with E-state index in [2.05, 4.69) is 16.3 Å². The third-order valence-electron chi connectivity index (χ3n) is 0.129. The van der Waals surface area contributed by atoms with Gasteiger partial charge < -0.3 is 18.9 Å². The molecule has 0 aliphatic heterocycles. The second-order valence-corrected chi connectivity index (χ2v) is 1.67. The monoisotopic (exact) mass is 202 g/mol. The number of aliphatic hydroxyl groups is 1. The molecule has 0 rings (SSSR count). The van der Waals surface area contributed by atoms with E-state index in [0.717, 1.165) is 5.28 Å². The average Bonchev–Trinajstić information content (AvgIpc) is 1.91. The predicted molar refractivity (Wildman–Crippen MR) is 38.4 cm³/mol. The molecule has 5 nitrogen and oxygen atoms in total. The SMILES string of the molecule is O=[PH2][O-].O=[PH2][O-].OC[CH2][Al+2]. The zero-order valence-corrected chi connectivity index (χ0v) is 8.69. The summed E-state index contributed by atoms with van der Waals surface area (Å²) in [6.45, 7) is 0.282. The zero-order valence-electron chi connectivity index (χ0n) is 5.23. The van der Waals surface area contributed by atoms with Crippen molar-refractivity contribution in [2.24, 2.45) is 0 Å². The third kappa shape index (κ3) is 157. The van der Waals surface area contributed by atoms with Crippen molar-refractivity contribution in [2.75, 3.05) is 6.61 Å². The first-order chi connectivity index (χ1) is 4.74. The van der Waals surface area contributed by atoms with Crippen LogP contribution >= 0.6 is 17.4 Å². The summed E-state index contributed by atoms with van der Waals surface area (Å²) in [5, 5.41) is 8.65. The van der Waals surface area contributed by atoms with Crippen LogP contribution in [0.3, 0.4) is 0 Å². The Balaban J connectivity index is -0.0000000750. The van der Waals surface area contributed by atoms with Crippen LogP contribution in [0.1, 0.15) is 0 Å². The number of aliphatic hydroxyl groups excluding tert-OH is 1. The van der Waals surface area contributed by atoms with Crippen molar-refractivity contribution >= 4 is 33.7 Å². The number of rotatable bonds is 1. The van der Waals surface area contributed by atoms with Crippen molar-refractivity contribution in [3.63, 3.8) is 0 Å². The van der Waals surface area contributed by atoms with Gasteiger partial charge in [-0.2, -0.15) is 0 Å². The third-order valence-corrected chi connectivity index (χ3v) is 0.387. The second-order valence-electron chi connectivity index (χ2n) is 0.705. The molecule has 0 aromatic carbocycles. The van der Waals surface area contributed by atoms with Crippen LogP contribution in [0.4, 0.5) is 0 Å². The van der Waals surface area contributed by atoms with E-state index in [9.17, 15) is 0 Å². The summed E-state index contributed by atoms with van der Waals surface area (Å²) in [4.78, 5) is 16.9. The van der Waals surface area contributed by atoms with Gasteiger partial charge in [0.05, 0.1) is 0 Å². The van der Waals surface area contributed by atoms with Crippen LogP contribution in [-0.2, 0) is 9.13 Å². The van der Waals surface area contributed by atoms with E-state index >= 15 is 0 Å². The molecule has 0 aromatic rings. The van der Waals surface area contributed by atoms with Crippen molar-refractivity contribution in [3.05, 3.63) is 0 Å². The van der Waals surface area contributed by atoms with E-state index in [-0.39, 0.29) is 6.61 Å². The van der Waals surface area contributed by atoms with Gasteiger partial charge in [0.25, 0.3) is 0 Å². The Hall–Kier alpha value is 0.872. The van der Waals surface area contributed by atoms with Crippen LogP contribution in [0.15, 0.2) is 0 Å². The van der Waals surface area contributed by atoms with Crippen molar-refractivity contribution in [3.8, 4) is 0 Å². The Bertz CT molecular complexity index is 53.6. The Morgan fingerprint density at radius 3 is 1.40 bits per heavy atom. The van der Waals surface area contributed by atoms with Crippen LogP contribution in [0, 0.1) is 0 Å². The Morgan fingerprint density at radius 1 is 1.30 bits per heavy atom. The van der Waals surface area contributed by atoms with Crippen LogP contribution in [-0.4, -0.2) is 28.0 Å². The zero-order chi connectivity index (χ0) is 8.83. The molecule has 0 fully saturated rings. The van der Waals surface area contributed by atoms with E-state index in [0.29, 0.717) is 0 Å². The van der Waals surface area contributed by atoms with E-state index in [4.69, 9.17) is 24.0 Å². The van der Waals surface area contributed by atoms with Crippen molar-refractivity contribution in [2.45, 2.75) is 5.28 Å². The maximum absolute atomic E-state index is 8.46. The topological polar surface area (TPSA) is 100 Å². The fourth-order valence-electron chi connectivity index (χ4n) is 0. The molecule has 60 valence electrons. The summed E-state index contributed by atoms with van der Waals surface area (Å²) in [6, 6.07) is 0. The van der Waals surface area contributed by atoms with Gasteiger partial charge >= 0.3 is 33.3 Å². The molecular formula is C2H9AlO5P2. The van der Waals surface area contributed by atoms with Gasteiger partial charge in [0.15, 0.2) is 0 Å². The molecule has 0 spiro atoms. The van der Waals surface area contributed by atoms with Gasteiger partial charge in [0.2, 0.25) is 0 Å². The van der Waals surface area contributed by atoms with Gasteiger partial charge in [0, 0.05) is 0 Å². The minimum atomic E-state index is -1.75. The standard InChI is InChI=1S/C2H5O.Al.2H3O2P/c1-2-3;;2*1-3-2/h3H,1-2H2;;2*3H2,(H,1,2)/q;+2;;/p-2. The van der Waals surface area contributed by atoms with Crippen LogP contribution in [0.5, 0.6) is 0 Å². The molecule has 0 amide bonds. The first-order valence-corrected chi connectivity index (χ1v) is 4.87. The molecule has 10 heavy (non-hydrogen) atoms. The fraction of sp³-hybridized carbons (Fsp3) is 1.00. The minimum absolute atomic E-state index is 0.282. The van der Waals surface area contributed by atoms with E-state index in [1.807, 2.05) is 0 Å². The fourth-order valence-corrected chi connectivity index (χ4v) is 0. The molecule has 8 heteroatoms. The Kier molecular flexibility index (Phi) is 56.0. The molecule has 2 atom stereocenters. The first-order valence-electron chi connectivity index (χ1n) is 2.17. The average molecular weight is 202 g/mol. The molecule has 0 saturated heterocycles. The molecule has 0 heterocycles. The van der Waals surface area contributed by atoms with Crippen molar-refractivity contribution in [1.82, 2.24) is 0 Å². The van der Waals surface area contributed by atoms with E-state index < -0.39 is 17.4 Å². The summed E-state index contributed by atoms with van der Waals surface area (Å²) < 4.78 is 16.9. The summed E-state index contributed by atoms with van der Waals surface area (Å²) in [5.74, 6) is 0. The van der Waals surface area contributed by atoms with Crippen molar-refractivity contribution in [1.29, 1.82) is 0 Å². The van der Waals surface area contributed by atoms with E-state index in [1.54, 1.807) is 0 Å². The molecule has 0 aliphatic carbocycles. The summed E-state index contributed by atoms with van der Waals surface area (Å²) in [7, 11) is -3.50. The number of hydrogen-bond acceptors (Lipinski definition) is 5. The molecule has 0 radical (unpaired) electrons. The first kappa shape index (κ1) is 17.1. The Labute approximate surface area is 70.1 Å². The maximum atomic E-state index is 8.46. The van der Waals surface area contributed by atoms with Gasteiger partial charge in [0.1, 0.15) is 0 Å². The van der Waals surface area contributed by atoms with Crippen LogP contribution < -0.4 is 9.79 Å². The van der Waals surface area contributed by atoms with Gasteiger partial charge in [-0.1, -0.05) is 0 Å². The number of hydrogen-bond donors (Lipinski definition) is 1.